The van der Waals surface area contributed by atoms with Crippen molar-refractivity contribution in [2.75, 3.05) is 18.8 Å². The molecule has 0 atom stereocenters. The van der Waals surface area contributed by atoms with Gasteiger partial charge in [-0.3, -0.25) is 4.79 Å². The molecule has 1 aromatic carbocycles. The molecule has 0 fully saturated rings. The molecule has 0 bridgehead atoms. The van der Waals surface area contributed by atoms with Crippen molar-refractivity contribution < 1.29 is 4.79 Å². The van der Waals surface area contributed by atoms with E-state index in [1.165, 1.54) is 0 Å². The Hall–Kier alpha value is -1.35. The van der Waals surface area contributed by atoms with E-state index in [-0.39, 0.29) is 5.78 Å². The molecule has 0 unspecified atom stereocenters. The van der Waals surface area contributed by atoms with Crippen LogP contribution in [0, 0.1) is 12.8 Å². The van der Waals surface area contributed by atoms with Gasteiger partial charge in [-0.2, -0.15) is 0 Å². The van der Waals surface area contributed by atoms with Gasteiger partial charge >= 0.3 is 0 Å². The summed E-state index contributed by atoms with van der Waals surface area (Å²) in [4.78, 5) is 11.8. The molecule has 0 heterocycles. The van der Waals surface area contributed by atoms with Gasteiger partial charge in [0.2, 0.25) is 0 Å². The fourth-order valence-corrected chi connectivity index (χ4v) is 1.51. The third-order valence-corrected chi connectivity index (χ3v) is 2.79. The number of carbonyl (C=O) groups excluding carboxylic acids is 1. The lowest BCUT2D eigenvalue weighted by molar-refractivity contribution is 0.0991. The molecule has 0 aliphatic rings. The van der Waals surface area contributed by atoms with Gasteiger partial charge in [-0.05, 0) is 37.4 Å². The number of rotatable bonds is 6. The van der Waals surface area contributed by atoms with Gasteiger partial charge in [-0.15, -0.1) is 0 Å². The summed E-state index contributed by atoms with van der Waals surface area (Å²) < 4.78 is 0. The van der Waals surface area contributed by atoms with E-state index in [1.807, 2.05) is 19.1 Å². The highest BCUT2D eigenvalue weighted by molar-refractivity contribution is 5.98. The zero-order valence-corrected chi connectivity index (χ0v) is 10.9. The third kappa shape index (κ3) is 4.57. The van der Waals surface area contributed by atoms with Crippen LogP contribution in [0.1, 0.15) is 36.2 Å². The Morgan fingerprint density at radius 1 is 1.41 bits per heavy atom. The van der Waals surface area contributed by atoms with E-state index < -0.39 is 0 Å². The van der Waals surface area contributed by atoms with Gasteiger partial charge < -0.3 is 11.1 Å². The smallest absolute Gasteiger partial charge is 0.176 e. The monoisotopic (exact) mass is 234 g/mol. The maximum atomic E-state index is 11.8. The van der Waals surface area contributed by atoms with E-state index >= 15 is 0 Å². The maximum absolute atomic E-state index is 11.8. The molecule has 0 saturated carbocycles. The van der Waals surface area contributed by atoms with Crippen molar-refractivity contribution in [2.24, 2.45) is 5.92 Å². The minimum atomic E-state index is 0.0976. The Kier molecular flexibility index (Phi) is 5.16. The van der Waals surface area contributed by atoms with Crippen LogP contribution >= 0.6 is 0 Å². The molecule has 0 aromatic heterocycles. The molecule has 0 aliphatic heterocycles. The normalized spacial score (nSPS) is 10.8. The minimum absolute atomic E-state index is 0.0976. The van der Waals surface area contributed by atoms with Gasteiger partial charge in [0, 0.05) is 11.3 Å². The first-order valence-electron chi connectivity index (χ1n) is 6.10. The predicted molar refractivity (Wildman–Crippen MR) is 72.2 cm³/mol. The van der Waals surface area contributed by atoms with Crippen molar-refractivity contribution >= 4 is 11.5 Å². The summed E-state index contributed by atoms with van der Waals surface area (Å²) in [6.45, 7) is 7.54. The van der Waals surface area contributed by atoms with Gasteiger partial charge in [0.05, 0.1) is 6.54 Å². The minimum Gasteiger partial charge on any atom is -0.398 e. The number of nitrogens with two attached hydrogens (primary N) is 1. The Morgan fingerprint density at radius 3 is 2.71 bits per heavy atom. The first-order chi connectivity index (χ1) is 8.00. The van der Waals surface area contributed by atoms with Crippen LogP contribution in [-0.4, -0.2) is 18.9 Å². The average molecular weight is 234 g/mol. The lowest BCUT2D eigenvalue weighted by atomic mass is 10.1. The molecule has 0 radical (unpaired) electrons. The summed E-state index contributed by atoms with van der Waals surface area (Å²) in [7, 11) is 0. The van der Waals surface area contributed by atoms with E-state index in [0.29, 0.717) is 23.7 Å². The highest BCUT2D eigenvalue weighted by Crippen LogP contribution is 2.13. The molecule has 17 heavy (non-hydrogen) atoms. The number of hydrogen-bond acceptors (Lipinski definition) is 3. The number of ketones is 1. The summed E-state index contributed by atoms with van der Waals surface area (Å²) in [6, 6.07) is 5.47. The molecule has 3 N–H and O–H groups in total. The summed E-state index contributed by atoms with van der Waals surface area (Å²) in [5.41, 5.74) is 8.15. The molecular formula is C14H22N2O. The topological polar surface area (TPSA) is 55.1 Å². The maximum Gasteiger partial charge on any atom is 0.176 e. The molecule has 0 aliphatic carbocycles. The fraction of sp³-hybridized carbons (Fsp3) is 0.500. The number of aryl methyl sites for hydroxylation is 1. The summed E-state index contributed by atoms with van der Waals surface area (Å²) in [5.74, 6) is 0.757. The van der Waals surface area contributed by atoms with Crippen LogP contribution < -0.4 is 11.1 Å². The van der Waals surface area contributed by atoms with Gasteiger partial charge in [0.15, 0.2) is 5.78 Å². The highest BCUT2D eigenvalue weighted by atomic mass is 16.1. The number of anilines is 1. The number of carbonyl (C=O) groups is 1. The fourth-order valence-electron chi connectivity index (χ4n) is 1.51. The Morgan fingerprint density at radius 2 is 2.12 bits per heavy atom. The number of benzene rings is 1. The molecule has 1 rings (SSSR count). The Labute approximate surface area is 103 Å². The van der Waals surface area contributed by atoms with Crippen molar-refractivity contribution in [3.63, 3.8) is 0 Å². The third-order valence-electron chi connectivity index (χ3n) is 2.79. The van der Waals surface area contributed by atoms with Crippen LogP contribution in [-0.2, 0) is 0 Å². The zero-order valence-electron chi connectivity index (χ0n) is 10.9. The number of nitrogen functional groups attached to an aromatic ring is 1. The van der Waals surface area contributed by atoms with Gasteiger partial charge in [-0.25, -0.2) is 0 Å². The van der Waals surface area contributed by atoms with Crippen LogP contribution in [0.3, 0.4) is 0 Å². The van der Waals surface area contributed by atoms with Crippen molar-refractivity contribution in [3.05, 3.63) is 29.3 Å². The van der Waals surface area contributed by atoms with E-state index in [4.69, 9.17) is 5.73 Å². The van der Waals surface area contributed by atoms with Crippen LogP contribution in [0.15, 0.2) is 18.2 Å². The molecule has 3 nitrogen and oxygen atoms in total. The summed E-state index contributed by atoms with van der Waals surface area (Å²) in [6.07, 6.45) is 1.09. The number of Topliss-reactive ketones (excluding diaryl/α,β-unsaturated/α-hetero) is 1. The largest absolute Gasteiger partial charge is 0.398 e. The summed E-state index contributed by atoms with van der Waals surface area (Å²) in [5, 5.41) is 3.16. The van der Waals surface area contributed by atoms with Gasteiger partial charge in [0.25, 0.3) is 0 Å². The molecule has 0 amide bonds. The van der Waals surface area contributed by atoms with Crippen LogP contribution in [0.25, 0.3) is 0 Å². The predicted octanol–water partition coefficient (Wildman–Crippen LogP) is 2.40. The zero-order chi connectivity index (χ0) is 12.8. The van der Waals surface area contributed by atoms with E-state index in [0.717, 1.165) is 18.5 Å². The molecular weight excluding hydrogens is 212 g/mol. The first-order valence-corrected chi connectivity index (χ1v) is 6.10. The lowest BCUT2D eigenvalue weighted by Gasteiger charge is -2.07. The quantitative estimate of drug-likeness (QED) is 0.451. The highest BCUT2D eigenvalue weighted by Gasteiger charge is 2.06. The van der Waals surface area contributed by atoms with Crippen LogP contribution in [0.4, 0.5) is 5.69 Å². The van der Waals surface area contributed by atoms with Gasteiger partial charge in [-0.1, -0.05) is 26.0 Å². The molecule has 0 spiro atoms. The second-order valence-electron chi connectivity index (χ2n) is 4.85. The lowest BCUT2D eigenvalue weighted by Crippen LogP contribution is -2.24. The Balaban J connectivity index is 2.44. The van der Waals surface area contributed by atoms with Gasteiger partial charge in [0.1, 0.15) is 0 Å². The molecule has 0 saturated heterocycles. The number of hydrogen-bond donors (Lipinski definition) is 2. The molecule has 94 valence electrons. The second kappa shape index (κ2) is 6.40. The SMILES string of the molecule is Cc1ccc(C(=O)CNCCC(C)C)cc1N. The molecule has 3 heteroatoms. The summed E-state index contributed by atoms with van der Waals surface area (Å²) >= 11 is 0. The van der Waals surface area contributed by atoms with E-state index in [2.05, 4.69) is 19.2 Å². The standard InChI is InChI=1S/C14H22N2O/c1-10(2)6-7-16-9-14(17)12-5-4-11(3)13(15)8-12/h4-5,8,10,16H,6-7,9,15H2,1-3H3. The Bertz CT molecular complexity index is 386. The van der Waals surface area contributed by atoms with Crippen molar-refractivity contribution in [3.8, 4) is 0 Å². The van der Waals surface area contributed by atoms with Crippen molar-refractivity contribution in [1.29, 1.82) is 0 Å². The van der Waals surface area contributed by atoms with E-state index in [9.17, 15) is 4.79 Å². The van der Waals surface area contributed by atoms with Crippen LogP contribution in [0.5, 0.6) is 0 Å². The van der Waals surface area contributed by atoms with Crippen molar-refractivity contribution in [2.45, 2.75) is 27.2 Å². The number of nitrogens with one attached hydrogen (secondary N) is 1. The first kappa shape index (κ1) is 13.7. The molecule has 1 aromatic rings. The van der Waals surface area contributed by atoms with E-state index in [1.54, 1.807) is 6.07 Å². The second-order valence-corrected chi connectivity index (χ2v) is 4.85. The van der Waals surface area contributed by atoms with Crippen LogP contribution in [0.2, 0.25) is 0 Å². The average Bonchev–Trinajstić information content (AvgIpc) is 2.27. The van der Waals surface area contributed by atoms with Crippen molar-refractivity contribution in [1.82, 2.24) is 5.32 Å².